The van der Waals surface area contributed by atoms with Gasteiger partial charge in [0.25, 0.3) is 11.6 Å². The molecule has 2 aromatic rings. The molecule has 9 N–H and O–H groups in total. The maximum absolute atomic E-state index is 12.2. The number of imide groups is 1. The number of halogens is 1. The molecule has 0 radical (unpaired) electrons. The molecule has 0 fully saturated rings. The number of nitrogens with one attached hydrogen (secondary N) is 6. The Kier molecular flexibility index (Phi) is 11.2. The van der Waals surface area contributed by atoms with Gasteiger partial charge in [-0.05, 0) is 36.4 Å². The van der Waals surface area contributed by atoms with E-state index >= 15 is 0 Å². The van der Waals surface area contributed by atoms with Crippen molar-refractivity contribution in [3.63, 3.8) is 0 Å². The average Bonchev–Trinajstić information content (AvgIpc) is 2.81. The van der Waals surface area contributed by atoms with Crippen LogP contribution in [-0.4, -0.2) is 58.9 Å². The predicted molar refractivity (Wildman–Crippen MR) is 131 cm³/mol. The molecule has 0 unspecified atom stereocenters. The van der Waals surface area contributed by atoms with Crippen LogP contribution in [0.1, 0.15) is 10.4 Å². The number of non-ortho nitro benzene ring substituents is 1. The molecule has 0 spiro atoms. The number of carbonyl (C=O) groups excluding carboxylic acids is 4. The van der Waals surface area contributed by atoms with Crippen LogP contribution in [0.2, 0.25) is 0 Å². The summed E-state index contributed by atoms with van der Waals surface area (Å²) in [6.45, 7) is -1.41. The molecule has 16 heteroatoms. The van der Waals surface area contributed by atoms with E-state index in [1.54, 1.807) is 0 Å². The zero-order valence-corrected chi connectivity index (χ0v) is 19.3. The number of nitro groups is 1. The Hall–Kier alpha value is -4.76. The highest BCUT2D eigenvalue weighted by Crippen LogP contribution is 2.15. The molecule has 192 valence electrons. The highest BCUT2D eigenvalue weighted by atomic mass is 35.5. The van der Waals surface area contributed by atoms with Crippen molar-refractivity contribution >= 4 is 59.2 Å². The Bertz CT molecular complexity index is 1130. The first kappa shape index (κ1) is 29.3. The summed E-state index contributed by atoms with van der Waals surface area (Å²) < 4.78 is 0. The standard InChI is InChI=1S/C20H22N8O7.ClH/c21-19(22)24-12-3-1-11(2-4-12)17(31)27-16(30)9-23-18(32)15(10-29)26-20(33)25-13-5-7-14(8-6-13)28(34)35;/h1-8,15,29H,9-10H2,(H,23,32)(H4,21,22,24)(H2,25,26,33)(H,27,30,31);1H/t15-;/m0./s1. The van der Waals surface area contributed by atoms with Crippen molar-refractivity contribution in [2.45, 2.75) is 6.04 Å². The number of rotatable bonds is 9. The van der Waals surface area contributed by atoms with Crippen molar-refractivity contribution in [1.29, 1.82) is 5.41 Å². The second kappa shape index (κ2) is 13.8. The first-order valence-electron chi connectivity index (χ1n) is 9.85. The number of aliphatic hydroxyl groups is 1. The van der Waals surface area contributed by atoms with Crippen LogP contribution in [0.3, 0.4) is 0 Å². The lowest BCUT2D eigenvalue weighted by atomic mass is 10.2. The van der Waals surface area contributed by atoms with Gasteiger partial charge in [0.15, 0.2) is 5.96 Å². The maximum atomic E-state index is 12.2. The number of guanidine groups is 1. The number of urea groups is 1. The van der Waals surface area contributed by atoms with Crippen LogP contribution in [-0.2, 0) is 9.59 Å². The number of hydrogen-bond donors (Lipinski definition) is 8. The Balaban J connectivity index is 0.00000648. The third-order valence-electron chi connectivity index (χ3n) is 4.24. The highest BCUT2D eigenvalue weighted by molar-refractivity contribution is 6.06. The first-order chi connectivity index (χ1) is 16.6. The van der Waals surface area contributed by atoms with Crippen LogP contribution in [0, 0.1) is 15.5 Å². The van der Waals surface area contributed by atoms with Crippen LogP contribution < -0.4 is 32.3 Å². The number of benzene rings is 2. The van der Waals surface area contributed by atoms with Crippen LogP contribution in [0.4, 0.5) is 21.9 Å². The van der Waals surface area contributed by atoms with E-state index in [9.17, 15) is 34.4 Å². The molecule has 2 aromatic carbocycles. The van der Waals surface area contributed by atoms with E-state index in [-0.39, 0.29) is 35.3 Å². The fourth-order valence-corrected chi connectivity index (χ4v) is 2.58. The molecular weight excluding hydrogens is 500 g/mol. The zero-order valence-electron chi connectivity index (χ0n) is 18.4. The molecule has 0 bridgehead atoms. The van der Waals surface area contributed by atoms with E-state index in [0.717, 1.165) is 0 Å². The molecule has 0 aliphatic carbocycles. The Morgan fingerprint density at radius 3 is 2.08 bits per heavy atom. The number of anilines is 2. The number of nitrogens with two attached hydrogens (primary N) is 1. The minimum Gasteiger partial charge on any atom is -0.394 e. The summed E-state index contributed by atoms with van der Waals surface area (Å²) in [7, 11) is 0. The van der Waals surface area contributed by atoms with Gasteiger partial charge >= 0.3 is 6.03 Å². The SMILES string of the molecule is Cl.N=C(N)Nc1ccc(C(=O)NC(=O)CNC(=O)[C@H](CO)NC(=O)Nc2ccc([N+](=O)[O-])cc2)cc1. The minimum absolute atomic E-state index is 0. The van der Waals surface area contributed by atoms with Crippen molar-refractivity contribution in [1.82, 2.24) is 16.0 Å². The lowest BCUT2D eigenvalue weighted by Gasteiger charge is -2.16. The summed E-state index contributed by atoms with van der Waals surface area (Å²) in [6.07, 6.45) is 0. The molecule has 0 aliphatic rings. The predicted octanol–water partition coefficient (Wildman–Crippen LogP) is -0.123. The van der Waals surface area contributed by atoms with Gasteiger partial charge in [-0.3, -0.25) is 35.2 Å². The fraction of sp³-hybridized carbons (Fsp3) is 0.150. The van der Waals surface area contributed by atoms with Gasteiger partial charge < -0.3 is 32.1 Å². The normalized spacial score (nSPS) is 10.6. The van der Waals surface area contributed by atoms with Crippen molar-refractivity contribution in [2.24, 2.45) is 5.73 Å². The van der Waals surface area contributed by atoms with Crippen LogP contribution >= 0.6 is 12.4 Å². The van der Waals surface area contributed by atoms with E-state index in [4.69, 9.17) is 11.1 Å². The van der Waals surface area contributed by atoms with E-state index < -0.39 is 47.9 Å². The lowest BCUT2D eigenvalue weighted by Crippen LogP contribution is -2.52. The Morgan fingerprint density at radius 2 is 1.56 bits per heavy atom. The summed E-state index contributed by atoms with van der Waals surface area (Å²) in [6, 6.07) is 8.33. The van der Waals surface area contributed by atoms with Crippen LogP contribution in [0.25, 0.3) is 0 Å². The van der Waals surface area contributed by atoms with Crippen LogP contribution in [0.5, 0.6) is 0 Å². The minimum atomic E-state index is -1.42. The van der Waals surface area contributed by atoms with Gasteiger partial charge in [0, 0.05) is 29.1 Å². The second-order valence-corrected chi connectivity index (χ2v) is 6.85. The lowest BCUT2D eigenvalue weighted by molar-refractivity contribution is -0.384. The second-order valence-electron chi connectivity index (χ2n) is 6.85. The molecule has 2 rings (SSSR count). The monoisotopic (exact) mass is 522 g/mol. The third-order valence-corrected chi connectivity index (χ3v) is 4.24. The largest absolute Gasteiger partial charge is 0.394 e. The van der Waals surface area contributed by atoms with Crippen molar-refractivity contribution in [3.8, 4) is 0 Å². The zero-order chi connectivity index (χ0) is 26.0. The van der Waals surface area contributed by atoms with Gasteiger partial charge in [-0.15, -0.1) is 12.4 Å². The fourth-order valence-electron chi connectivity index (χ4n) is 2.58. The molecule has 1 atom stereocenters. The Morgan fingerprint density at radius 1 is 1.00 bits per heavy atom. The summed E-state index contributed by atoms with van der Waals surface area (Å²) in [5.41, 5.74) is 5.83. The van der Waals surface area contributed by atoms with E-state index in [2.05, 4.69) is 26.6 Å². The molecule has 0 saturated carbocycles. The first-order valence-corrected chi connectivity index (χ1v) is 9.85. The van der Waals surface area contributed by atoms with E-state index in [1.165, 1.54) is 48.5 Å². The van der Waals surface area contributed by atoms with Gasteiger partial charge in [0.2, 0.25) is 11.8 Å². The number of carbonyl (C=O) groups is 4. The molecule has 0 aromatic heterocycles. The average molecular weight is 523 g/mol. The quantitative estimate of drug-likeness (QED) is 0.0944. The van der Waals surface area contributed by atoms with Gasteiger partial charge in [-0.25, -0.2) is 4.79 Å². The number of amides is 5. The number of hydrogen-bond acceptors (Lipinski definition) is 8. The molecule has 5 amide bonds. The van der Waals surface area contributed by atoms with Crippen molar-refractivity contribution in [3.05, 3.63) is 64.2 Å². The van der Waals surface area contributed by atoms with E-state index in [1.807, 2.05) is 0 Å². The summed E-state index contributed by atoms with van der Waals surface area (Å²) in [5.74, 6) is -2.76. The van der Waals surface area contributed by atoms with Crippen LogP contribution in [0.15, 0.2) is 48.5 Å². The highest BCUT2D eigenvalue weighted by Gasteiger charge is 2.21. The Labute approximate surface area is 209 Å². The maximum Gasteiger partial charge on any atom is 0.319 e. The van der Waals surface area contributed by atoms with Gasteiger partial charge in [-0.2, -0.15) is 0 Å². The van der Waals surface area contributed by atoms with Gasteiger partial charge in [-0.1, -0.05) is 0 Å². The van der Waals surface area contributed by atoms with Gasteiger partial charge in [0.1, 0.15) is 6.04 Å². The molecule has 15 nitrogen and oxygen atoms in total. The topological polar surface area (TPSA) is 242 Å². The summed E-state index contributed by atoms with van der Waals surface area (Å²) >= 11 is 0. The number of nitro benzene ring substituents is 1. The third kappa shape index (κ3) is 9.24. The summed E-state index contributed by atoms with van der Waals surface area (Å²) in [5, 5.41) is 38.5. The number of nitrogens with zero attached hydrogens (tertiary/aromatic N) is 1. The molecule has 0 aliphatic heterocycles. The van der Waals surface area contributed by atoms with E-state index in [0.29, 0.717) is 5.69 Å². The number of aliphatic hydroxyl groups excluding tert-OH is 1. The smallest absolute Gasteiger partial charge is 0.319 e. The van der Waals surface area contributed by atoms with Crippen molar-refractivity contribution < 1.29 is 29.2 Å². The van der Waals surface area contributed by atoms with Crippen molar-refractivity contribution in [2.75, 3.05) is 23.8 Å². The molecular formula is C20H23ClN8O7. The van der Waals surface area contributed by atoms with Gasteiger partial charge in [0.05, 0.1) is 18.1 Å². The molecule has 0 saturated heterocycles. The molecule has 36 heavy (non-hydrogen) atoms. The molecule has 0 heterocycles. The summed E-state index contributed by atoms with van der Waals surface area (Å²) in [4.78, 5) is 58.4.